The quantitative estimate of drug-likeness (QED) is 0.0831. The summed E-state index contributed by atoms with van der Waals surface area (Å²) in [5.74, 6) is -3.54. The Bertz CT molecular complexity index is 2830. The normalized spacial score (nSPS) is 15.2. The van der Waals surface area contributed by atoms with Crippen LogP contribution in [0.25, 0.3) is 22.5 Å². The van der Waals surface area contributed by atoms with Crippen molar-refractivity contribution in [3.05, 3.63) is 125 Å². The average Bonchev–Trinajstić information content (AvgIpc) is 3.38. The Labute approximate surface area is 402 Å². The third-order valence-electron chi connectivity index (χ3n) is 12.1. The van der Waals surface area contributed by atoms with Crippen LogP contribution in [0.2, 0.25) is 0 Å². The maximum absolute atomic E-state index is 14.4. The van der Waals surface area contributed by atoms with Crippen molar-refractivity contribution >= 4 is 34.6 Å². The van der Waals surface area contributed by atoms with Crippen molar-refractivity contribution in [3.63, 3.8) is 0 Å². The molecule has 0 bridgehead atoms. The molecule has 5 heterocycles. The van der Waals surface area contributed by atoms with Gasteiger partial charge in [-0.15, -0.1) is 20.4 Å². The van der Waals surface area contributed by atoms with Crippen LogP contribution >= 0.6 is 0 Å². The summed E-state index contributed by atoms with van der Waals surface area (Å²) in [6.07, 6.45) is -1.68. The number of morpholine rings is 2. The van der Waals surface area contributed by atoms with E-state index in [2.05, 4.69) is 45.8 Å². The van der Waals surface area contributed by atoms with Crippen molar-refractivity contribution in [2.24, 2.45) is 0 Å². The zero-order chi connectivity index (χ0) is 49.4. The molecule has 6 aromatic rings. The van der Waals surface area contributed by atoms with Gasteiger partial charge in [-0.05, 0) is 92.6 Å². The summed E-state index contributed by atoms with van der Waals surface area (Å²) in [6.45, 7) is 11.4. The third kappa shape index (κ3) is 11.6. The zero-order valence-corrected chi connectivity index (χ0v) is 39.2. The highest BCUT2D eigenvalue weighted by molar-refractivity contribution is 6.05. The van der Waals surface area contributed by atoms with Gasteiger partial charge in [-0.2, -0.15) is 8.78 Å². The molecule has 3 aromatic heterocycles. The summed E-state index contributed by atoms with van der Waals surface area (Å²) in [6, 6.07) is 22.4. The monoisotopic (exact) mass is 963 g/mol. The number of anilines is 4. The lowest BCUT2D eigenvalue weighted by Crippen LogP contribution is -2.43. The van der Waals surface area contributed by atoms with Gasteiger partial charge in [0.1, 0.15) is 17.1 Å². The molecular formula is C51H53F4N9O6. The van der Waals surface area contributed by atoms with E-state index in [9.17, 15) is 27.2 Å². The fraction of sp³-hybridized carbons (Fsp3) is 0.353. The summed E-state index contributed by atoms with van der Waals surface area (Å²) < 4.78 is 79.7. The Morgan fingerprint density at radius 1 is 0.743 bits per heavy atom. The molecule has 0 spiro atoms. The van der Waals surface area contributed by atoms with Gasteiger partial charge in [0.05, 0.1) is 50.5 Å². The number of rotatable bonds is 17. The topological polar surface area (TPSA) is 166 Å². The van der Waals surface area contributed by atoms with Crippen LogP contribution in [-0.4, -0.2) is 103 Å². The fourth-order valence-corrected chi connectivity index (χ4v) is 8.13. The molecule has 0 radical (unpaired) electrons. The highest BCUT2D eigenvalue weighted by Gasteiger charge is 2.32. The number of alkyl halides is 4. The molecule has 2 saturated heterocycles. The predicted molar refractivity (Wildman–Crippen MR) is 256 cm³/mol. The molecule has 366 valence electrons. The van der Waals surface area contributed by atoms with Crippen molar-refractivity contribution in [2.75, 3.05) is 79.6 Å². The number of hydrogen-bond acceptors (Lipinski definition) is 13. The molecule has 70 heavy (non-hydrogen) atoms. The first kappa shape index (κ1) is 49.2. The van der Waals surface area contributed by atoms with Gasteiger partial charge in [0.25, 0.3) is 35.9 Å². The van der Waals surface area contributed by atoms with Gasteiger partial charge < -0.3 is 39.4 Å². The van der Waals surface area contributed by atoms with Crippen LogP contribution in [0.4, 0.5) is 40.3 Å². The van der Waals surface area contributed by atoms with Crippen LogP contribution in [-0.2, 0) is 15.4 Å². The molecular weight excluding hydrogens is 911 g/mol. The Kier molecular flexibility index (Phi) is 15.5. The van der Waals surface area contributed by atoms with Gasteiger partial charge in [0, 0.05) is 84.4 Å². The number of aromatic nitrogens is 5. The molecule has 2 aliphatic rings. The van der Waals surface area contributed by atoms with Crippen molar-refractivity contribution < 1.29 is 46.1 Å². The number of benzene rings is 3. The van der Waals surface area contributed by atoms with Crippen LogP contribution in [0.15, 0.2) is 91.1 Å². The van der Waals surface area contributed by atoms with Crippen molar-refractivity contribution in [1.82, 2.24) is 25.4 Å². The van der Waals surface area contributed by atoms with Gasteiger partial charge >= 0.3 is 0 Å². The third-order valence-corrected chi connectivity index (χ3v) is 12.1. The molecule has 0 saturated carbocycles. The van der Waals surface area contributed by atoms with E-state index in [0.29, 0.717) is 105 Å². The van der Waals surface area contributed by atoms with E-state index >= 15 is 0 Å². The molecule has 0 aliphatic carbocycles. The largest absolute Gasteiger partial charge is 0.475 e. The van der Waals surface area contributed by atoms with Crippen molar-refractivity contribution in [1.29, 1.82) is 0 Å². The molecule has 2 aliphatic heterocycles. The minimum atomic E-state index is -3.16. The van der Waals surface area contributed by atoms with Crippen molar-refractivity contribution in [3.8, 4) is 34.3 Å². The first-order valence-corrected chi connectivity index (χ1v) is 23.1. The Hall–Kier alpha value is -7.25. The van der Waals surface area contributed by atoms with Gasteiger partial charge in [0.2, 0.25) is 0 Å². The smallest absolute Gasteiger partial charge is 0.289 e. The number of hydrogen-bond donors (Lipinski definition) is 2. The standard InChI is InChI=1S/C51H53F4N9O6/c1-5-51(54,55)45-25-35(14-16-56-45)48(66)58-37-13-11-31(3)39(27-37)41-28-43(63-17-21-67-22-18-63)50(62-60-41)70-20-15-38-30-64(19-23-69-38)44-29-42(59-61-49(44)68-6-2)40-26-36(12-10-32(40)4)57-47(65)34-9-7-8-33(24-34)46(52)53/h7-14,16,24-29,38,46H,5-6,15,17-23,30H2,1-4H3,(H,57,65)(H,58,66). The van der Waals surface area contributed by atoms with E-state index in [4.69, 9.17) is 18.9 Å². The van der Waals surface area contributed by atoms with Gasteiger partial charge in [0.15, 0.2) is 0 Å². The van der Waals surface area contributed by atoms with Crippen LogP contribution < -0.4 is 29.9 Å². The number of ether oxygens (including phenoxy) is 4. The summed E-state index contributed by atoms with van der Waals surface area (Å²) in [5.41, 5.74) is 6.07. The number of aryl methyl sites for hydroxylation is 2. The first-order chi connectivity index (χ1) is 33.8. The molecule has 8 rings (SSSR count). The number of carbonyl (C=O) groups is 2. The second kappa shape index (κ2) is 22.0. The summed E-state index contributed by atoms with van der Waals surface area (Å²) in [7, 11) is 0. The van der Waals surface area contributed by atoms with Crippen molar-refractivity contribution in [2.45, 2.75) is 59.0 Å². The van der Waals surface area contributed by atoms with E-state index < -0.39 is 36.3 Å². The number of nitrogens with one attached hydrogen (secondary N) is 2. The number of amides is 2. The Morgan fingerprint density at radius 3 is 1.96 bits per heavy atom. The molecule has 15 nitrogen and oxygen atoms in total. The van der Waals surface area contributed by atoms with E-state index in [-0.39, 0.29) is 29.4 Å². The van der Waals surface area contributed by atoms with E-state index in [1.165, 1.54) is 43.5 Å². The number of nitrogens with zero attached hydrogens (tertiary/aromatic N) is 7. The maximum atomic E-state index is 14.4. The molecule has 1 atom stereocenters. The van der Waals surface area contributed by atoms with E-state index in [1.54, 1.807) is 24.3 Å². The zero-order valence-electron chi connectivity index (χ0n) is 39.2. The predicted octanol–water partition coefficient (Wildman–Crippen LogP) is 9.47. The van der Waals surface area contributed by atoms with Crippen LogP contribution in [0.3, 0.4) is 0 Å². The number of pyridine rings is 1. The highest BCUT2D eigenvalue weighted by atomic mass is 19.3. The van der Waals surface area contributed by atoms with Crippen LogP contribution in [0, 0.1) is 13.8 Å². The fourth-order valence-electron chi connectivity index (χ4n) is 8.13. The first-order valence-electron chi connectivity index (χ1n) is 23.1. The van der Waals surface area contributed by atoms with Crippen LogP contribution in [0.5, 0.6) is 11.8 Å². The summed E-state index contributed by atoms with van der Waals surface area (Å²) in [4.78, 5) is 34.4. The van der Waals surface area contributed by atoms with E-state index in [1.807, 2.05) is 45.0 Å². The molecule has 2 amide bonds. The Morgan fingerprint density at radius 2 is 1.34 bits per heavy atom. The van der Waals surface area contributed by atoms with Gasteiger partial charge in [-0.1, -0.05) is 31.2 Å². The lowest BCUT2D eigenvalue weighted by molar-refractivity contribution is -0.0128. The molecule has 3 aromatic carbocycles. The molecule has 1 unspecified atom stereocenters. The molecule has 2 N–H and O–H groups in total. The van der Waals surface area contributed by atoms with Gasteiger partial charge in [-0.25, -0.2) is 8.78 Å². The average molecular weight is 964 g/mol. The molecule has 2 fully saturated rings. The summed E-state index contributed by atoms with van der Waals surface area (Å²) in [5, 5.41) is 23.7. The van der Waals surface area contributed by atoms with Crippen LogP contribution in [0.1, 0.15) is 76.2 Å². The lowest BCUT2D eigenvalue weighted by Gasteiger charge is -2.35. The van der Waals surface area contributed by atoms with Gasteiger partial charge in [-0.3, -0.25) is 14.6 Å². The minimum absolute atomic E-state index is 0.0568. The molecule has 19 heteroatoms. The Balaban J connectivity index is 0.961. The second-order valence-electron chi connectivity index (χ2n) is 16.8. The minimum Gasteiger partial charge on any atom is -0.475 e. The summed E-state index contributed by atoms with van der Waals surface area (Å²) >= 11 is 0. The highest BCUT2D eigenvalue weighted by Crippen LogP contribution is 2.36. The number of carbonyl (C=O) groups excluding carboxylic acids is 2. The maximum Gasteiger partial charge on any atom is 0.289 e. The second-order valence-corrected chi connectivity index (χ2v) is 16.8. The SMILES string of the molecule is CCOc1nnc(-c2cc(NC(=O)c3cccc(C(F)F)c3)ccc2C)cc1N1CCOC(CCOc2nnc(-c3cc(NC(=O)c4ccnc(C(F)(F)CC)c4)ccc3C)cc2N2CCOCC2)C1. The van der Waals surface area contributed by atoms with E-state index in [0.717, 1.165) is 28.6 Å². The lowest BCUT2D eigenvalue weighted by atomic mass is 10.0. The number of halogens is 4.